The number of carboxylic acids is 1. The lowest BCUT2D eigenvalue weighted by Crippen LogP contribution is -2.30. The number of aliphatic carboxylic acids is 1. The van der Waals surface area contributed by atoms with Crippen LogP contribution in [0.2, 0.25) is 0 Å². The highest BCUT2D eigenvalue weighted by Gasteiger charge is 2.27. The SMILES string of the molecule is C=C(C)/C=C(\CC)[C@H](OCOC)[C@@H](C)C(=O)O. The molecule has 0 spiro atoms. The van der Waals surface area contributed by atoms with E-state index >= 15 is 0 Å². The Labute approximate surface area is 103 Å². The fraction of sp³-hybridized carbons (Fsp3) is 0.615. The molecule has 0 aromatic heterocycles. The van der Waals surface area contributed by atoms with Crippen LogP contribution in [0.3, 0.4) is 0 Å². The van der Waals surface area contributed by atoms with E-state index < -0.39 is 18.0 Å². The van der Waals surface area contributed by atoms with Gasteiger partial charge in [-0.1, -0.05) is 25.2 Å². The predicted octanol–water partition coefficient (Wildman–Crippen LogP) is 2.61. The van der Waals surface area contributed by atoms with Crippen molar-refractivity contribution in [3.05, 3.63) is 23.8 Å². The molecule has 0 rings (SSSR count). The molecular formula is C13H22O4. The third kappa shape index (κ3) is 5.65. The zero-order chi connectivity index (χ0) is 13.4. The summed E-state index contributed by atoms with van der Waals surface area (Å²) in [5.41, 5.74) is 1.80. The van der Waals surface area contributed by atoms with Crippen molar-refractivity contribution in [1.82, 2.24) is 0 Å². The number of carbonyl (C=O) groups is 1. The molecule has 0 saturated carbocycles. The molecule has 0 bridgehead atoms. The van der Waals surface area contributed by atoms with Gasteiger partial charge >= 0.3 is 5.97 Å². The van der Waals surface area contributed by atoms with Crippen molar-refractivity contribution in [3.63, 3.8) is 0 Å². The van der Waals surface area contributed by atoms with Crippen LogP contribution in [0.5, 0.6) is 0 Å². The molecule has 0 heterocycles. The second-order valence-corrected chi connectivity index (χ2v) is 4.04. The molecule has 0 fully saturated rings. The number of hydrogen-bond donors (Lipinski definition) is 1. The monoisotopic (exact) mass is 242 g/mol. The highest BCUT2D eigenvalue weighted by Crippen LogP contribution is 2.21. The fourth-order valence-electron chi connectivity index (χ4n) is 1.55. The van der Waals surface area contributed by atoms with Gasteiger partial charge in [0.15, 0.2) is 0 Å². The lowest BCUT2D eigenvalue weighted by atomic mass is 9.94. The lowest BCUT2D eigenvalue weighted by molar-refractivity contribution is -0.149. The third-order valence-corrected chi connectivity index (χ3v) is 2.41. The Morgan fingerprint density at radius 2 is 2.12 bits per heavy atom. The number of ether oxygens (including phenoxy) is 2. The fourth-order valence-corrected chi connectivity index (χ4v) is 1.55. The van der Waals surface area contributed by atoms with Crippen LogP contribution in [0.4, 0.5) is 0 Å². The van der Waals surface area contributed by atoms with Crippen LogP contribution in [0.15, 0.2) is 23.8 Å². The third-order valence-electron chi connectivity index (χ3n) is 2.41. The zero-order valence-corrected chi connectivity index (χ0v) is 11.0. The second-order valence-electron chi connectivity index (χ2n) is 4.04. The van der Waals surface area contributed by atoms with Crippen molar-refractivity contribution < 1.29 is 19.4 Å². The molecule has 0 radical (unpaired) electrons. The molecule has 0 aliphatic heterocycles. The van der Waals surface area contributed by atoms with Crippen LogP contribution in [-0.4, -0.2) is 31.1 Å². The average molecular weight is 242 g/mol. The minimum absolute atomic E-state index is 0.0792. The number of carboxylic acid groups (broad SMARTS) is 1. The summed E-state index contributed by atoms with van der Waals surface area (Å²) in [6.45, 7) is 9.34. The molecule has 98 valence electrons. The molecule has 4 nitrogen and oxygen atoms in total. The molecule has 1 N–H and O–H groups in total. The quantitative estimate of drug-likeness (QED) is 0.525. The van der Waals surface area contributed by atoms with Gasteiger partial charge in [-0.05, 0) is 25.8 Å². The Hall–Kier alpha value is -1.13. The normalized spacial score (nSPS) is 15.4. The van der Waals surface area contributed by atoms with E-state index in [1.54, 1.807) is 6.92 Å². The summed E-state index contributed by atoms with van der Waals surface area (Å²) >= 11 is 0. The molecule has 17 heavy (non-hydrogen) atoms. The number of rotatable bonds is 8. The van der Waals surface area contributed by atoms with Gasteiger partial charge in [0, 0.05) is 7.11 Å². The highest BCUT2D eigenvalue weighted by molar-refractivity contribution is 5.71. The van der Waals surface area contributed by atoms with Gasteiger partial charge in [-0.15, -0.1) is 0 Å². The Kier molecular flexibility index (Phi) is 7.50. The van der Waals surface area contributed by atoms with E-state index in [4.69, 9.17) is 14.6 Å². The summed E-state index contributed by atoms with van der Waals surface area (Å²) in [5.74, 6) is -1.50. The minimum Gasteiger partial charge on any atom is -0.481 e. The van der Waals surface area contributed by atoms with Crippen molar-refractivity contribution in [3.8, 4) is 0 Å². The van der Waals surface area contributed by atoms with Gasteiger partial charge in [0.2, 0.25) is 0 Å². The van der Waals surface area contributed by atoms with Crippen LogP contribution in [0.25, 0.3) is 0 Å². The molecule has 0 amide bonds. The summed E-state index contributed by atoms with van der Waals surface area (Å²) in [6, 6.07) is 0. The van der Waals surface area contributed by atoms with Crippen molar-refractivity contribution in [2.75, 3.05) is 13.9 Å². The average Bonchev–Trinajstić information content (AvgIpc) is 2.26. The Bertz CT molecular complexity index is 294. The topological polar surface area (TPSA) is 55.8 Å². The van der Waals surface area contributed by atoms with E-state index in [0.29, 0.717) is 0 Å². The van der Waals surface area contributed by atoms with E-state index in [0.717, 1.165) is 17.6 Å². The molecule has 4 heteroatoms. The van der Waals surface area contributed by atoms with Crippen molar-refractivity contribution in [1.29, 1.82) is 0 Å². The first kappa shape index (κ1) is 15.9. The molecule has 0 aromatic carbocycles. The van der Waals surface area contributed by atoms with Crippen molar-refractivity contribution >= 4 is 5.97 Å². The molecule has 0 unspecified atom stereocenters. The lowest BCUT2D eigenvalue weighted by Gasteiger charge is -2.23. The van der Waals surface area contributed by atoms with Gasteiger partial charge in [-0.25, -0.2) is 0 Å². The number of methoxy groups -OCH3 is 1. The Morgan fingerprint density at radius 1 is 1.53 bits per heavy atom. The van der Waals surface area contributed by atoms with Crippen LogP contribution >= 0.6 is 0 Å². The van der Waals surface area contributed by atoms with E-state index in [1.807, 2.05) is 19.9 Å². The van der Waals surface area contributed by atoms with E-state index in [9.17, 15) is 4.79 Å². The van der Waals surface area contributed by atoms with Crippen LogP contribution < -0.4 is 0 Å². The highest BCUT2D eigenvalue weighted by atomic mass is 16.7. The van der Waals surface area contributed by atoms with Gasteiger partial charge in [-0.3, -0.25) is 4.79 Å². The van der Waals surface area contributed by atoms with E-state index in [1.165, 1.54) is 7.11 Å². The predicted molar refractivity (Wildman–Crippen MR) is 66.7 cm³/mol. The maximum Gasteiger partial charge on any atom is 0.309 e. The van der Waals surface area contributed by atoms with Gasteiger partial charge in [0.25, 0.3) is 0 Å². The number of hydrogen-bond acceptors (Lipinski definition) is 3. The molecule has 0 saturated heterocycles. The van der Waals surface area contributed by atoms with Crippen LogP contribution in [0, 0.1) is 5.92 Å². The molecule has 0 aliphatic rings. The minimum atomic E-state index is -0.882. The standard InChI is InChI=1S/C13H22O4/c1-6-11(7-9(2)3)12(17-8-16-5)10(4)13(14)15/h7,10,12H,2,6,8H2,1,3-5H3,(H,14,15)/b11-7+/t10-,12-/m1/s1. The summed E-state index contributed by atoms with van der Waals surface area (Å²) in [7, 11) is 1.51. The Morgan fingerprint density at radius 3 is 2.47 bits per heavy atom. The van der Waals surface area contributed by atoms with Crippen molar-refractivity contribution in [2.24, 2.45) is 5.92 Å². The van der Waals surface area contributed by atoms with E-state index in [2.05, 4.69) is 6.58 Å². The largest absolute Gasteiger partial charge is 0.481 e. The van der Waals surface area contributed by atoms with Gasteiger partial charge < -0.3 is 14.6 Å². The summed E-state index contributed by atoms with van der Waals surface area (Å²) in [4.78, 5) is 11.0. The smallest absolute Gasteiger partial charge is 0.309 e. The number of allylic oxidation sites excluding steroid dienone is 2. The van der Waals surface area contributed by atoms with Crippen molar-refractivity contribution in [2.45, 2.75) is 33.3 Å². The first-order chi connectivity index (χ1) is 7.93. The summed E-state index contributed by atoms with van der Waals surface area (Å²) in [5, 5.41) is 9.06. The first-order valence-electron chi connectivity index (χ1n) is 5.63. The van der Waals surface area contributed by atoms with Gasteiger partial charge in [0.05, 0.1) is 12.0 Å². The molecular weight excluding hydrogens is 220 g/mol. The van der Waals surface area contributed by atoms with Crippen LogP contribution in [-0.2, 0) is 14.3 Å². The van der Waals surface area contributed by atoms with Gasteiger partial charge in [0.1, 0.15) is 6.79 Å². The Balaban J connectivity index is 4.99. The molecule has 0 aliphatic carbocycles. The first-order valence-corrected chi connectivity index (χ1v) is 5.63. The summed E-state index contributed by atoms with van der Waals surface area (Å²) in [6.07, 6.45) is 2.12. The molecule has 2 atom stereocenters. The molecule has 0 aromatic rings. The maximum absolute atomic E-state index is 11.0. The van der Waals surface area contributed by atoms with Gasteiger partial charge in [-0.2, -0.15) is 0 Å². The van der Waals surface area contributed by atoms with Crippen LogP contribution in [0.1, 0.15) is 27.2 Å². The zero-order valence-electron chi connectivity index (χ0n) is 11.0. The summed E-state index contributed by atoms with van der Waals surface area (Å²) < 4.78 is 10.3. The van der Waals surface area contributed by atoms with E-state index in [-0.39, 0.29) is 6.79 Å². The maximum atomic E-state index is 11.0. The second kappa shape index (κ2) is 8.03.